The van der Waals surface area contributed by atoms with Crippen LogP contribution < -0.4 is 18.9 Å². The zero-order valence-electron chi connectivity index (χ0n) is 12.0. The maximum atomic E-state index is 2.53. The summed E-state index contributed by atoms with van der Waals surface area (Å²) in [5, 5.41) is 0. The molecule has 0 aromatic carbocycles. The van der Waals surface area contributed by atoms with E-state index in [1.54, 1.807) is 0 Å². The van der Waals surface area contributed by atoms with E-state index in [0.717, 1.165) is 0 Å². The molecule has 80 valence electrons. The Morgan fingerprint density at radius 1 is 0.500 bits per heavy atom. The topological polar surface area (TPSA) is 0 Å². The van der Waals surface area contributed by atoms with Crippen molar-refractivity contribution in [2.75, 3.05) is 0 Å². The molecule has 0 aromatic rings. The van der Waals surface area contributed by atoms with E-state index in [1.807, 2.05) is 0 Å². The van der Waals surface area contributed by atoms with Crippen LogP contribution in [0, 0.1) is 4.79 Å². The predicted molar refractivity (Wildman–Crippen MR) is 73.3 cm³/mol. The van der Waals surface area contributed by atoms with E-state index < -0.39 is 24.2 Å². The smallest absolute Gasteiger partial charge is 0.311 e. The molecule has 0 fully saturated rings. The van der Waals surface area contributed by atoms with Gasteiger partial charge in [0.2, 0.25) is 0 Å². The summed E-state index contributed by atoms with van der Waals surface area (Å²) in [5.41, 5.74) is 0. The Bertz CT molecular complexity index is 138. The van der Waals surface area contributed by atoms with E-state index in [9.17, 15) is 0 Å². The minimum atomic E-state index is -1.02. The Balaban J connectivity index is 0. The van der Waals surface area contributed by atoms with Gasteiger partial charge >= 0.3 is 18.9 Å². The van der Waals surface area contributed by atoms with E-state index in [0.29, 0.717) is 0 Å². The largest absolute Gasteiger partial charge is 1.00 e. The van der Waals surface area contributed by atoms with E-state index in [-0.39, 0.29) is 18.9 Å². The summed E-state index contributed by atoms with van der Waals surface area (Å²) in [5.74, 6) is 0. The molecule has 14 heavy (non-hydrogen) atoms. The van der Waals surface area contributed by atoms with Crippen LogP contribution in [0.2, 0.25) is 58.9 Å². The molecular weight excluding hydrogens is 212 g/mol. The fourth-order valence-corrected chi connectivity index (χ4v) is 30.4. The second kappa shape index (κ2) is 5.05. The first-order chi connectivity index (χ1) is 5.37. The molecule has 0 radical (unpaired) electrons. The van der Waals surface area contributed by atoms with Crippen molar-refractivity contribution >= 4 is 24.2 Å². The molecule has 0 N–H and O–H groups in total. The van der Waals surface area contributed by atoms with Crippen LogP contribution in [-0.4, -0.2) is 24.2 Å². The molecule has 0 amide bonds. The Morgan fingerprint density at radius 3 is 0.643 bits per heavy atom. The van der Waals surface area contributed by atoms with E-state index >= 15 is 0 Å². The van der Waals surface area contributed by atoms with Gasteiger partial charge in [-0.2, -0.15) is 0 Å². The molecule has 0 saturated carbocycles. The van der Waals surface area contributed by atoms with Crippen LogP contribution in [-0.2, 0) is 0 Å². The van der Waals surface area contributed by atoms with Crippen LogP contribution in [0.1, 0.15) is 0 Å². The van der Waals surface area contributed by atoms with Crippen molar-refractivity contribution in [3.05, 3.63) is 4.79 Å². The Labute approximate surface area is 106 Å². The Hall–Kier alpha value is 1.25. The van der Waals surface area contributed by atoms with Gasteiger partial charge in [-0.3, -0.25) is 0 Å². The zero-order valence-corrected chi connectivity index (χ0v) is 15.0. The molecule has 0 aliphatic heterocycles. The van der Waals surface area contributed by atoms with Crippen molar-refractivity contribution in [2.45, 2.75) is 58.9 Å². The quantitative estimate of drug-likeness (QED) is 0.394. The van der Waals surface area contributed by atoms with Gasteiger partial charge in [-0.1, -0.05) is 58.9 Å². The average molecular weight is 240 g/mol. The fraction of sp³-hybridized carbons (Fsp3) is 0.900. The number of hydrogen-bond donors (Lipinski definition) is 0. The summed E-state index contributed by atoms with van der Waals surface area (Å²) < 4.78 is 0. The van der Waals surface area contributed by atoms with Crippen LogP contribution in [0.25, 0.3) is 0 Å². The van der Waals surface area contributed by atoms with E-state index in [4.69, 9.17) is 0 Å². The summed E-state index contributed by atoms with van der Waals surface area (Å²) in [7, 11) is -3.05. The molecule has 0 heterocycles. The van der Waals surface area contributed by atoms with Gasteiger partial charge < -0.3 is 4.79 Å². The maximum Gasteiger partial charge on any atom is 1.00 e. The van der Waals surface area contributed by atoms with Crippen LogP contribution >= 0.6 is 0 Å². The van der Waals surface area contributed by atoms with Gasteiger partial charge in [0, 0.05) is 0 Å². The fourth-order valence-electron chi connectivity index (χ4n) is 3.38. The van der Waals surface area contributed by atoms with Crippen LogP contribution in [0.5, 0.6) is 0 Å². The second-order valence-electron chi connectivity index (χ2n) is 7.12. The Morgan fingerprint density at radius 2 is 0.643 bits per heavy atom. The predicted octanol–water partition coefficient (Wildman–Crippen LogP) is 1.20. The minimum Gasteiger partial charge on any atom is -0.311 e. The summed E-state index contributed by atoms with van der Waals surface area (Å²) >= 11 is 0. The van der Waals surface area contributed by atoms with Gasteiger partial charge in [0.05, 0.1) is 0 Å². The summed E-state index contributed by atoms with van der Waals surface area (Å²) in [6, 6.07) is 0. The molecule has 0 saturated heterocycles. The summed E-state index contributed by atoms with van der Waals surface area (Å²) in [4.78, 5) is 2.06. The molecule has 4 heteroatoms. The van der Waals surface area contributed by atoms with Crippen molar-refractivity contribution in [1.82, 2.24) is 0 Å². The SMILES string of the molecule is C[Si](C)(C)[13C-]([Si](C)(C)C)[Si](C)(C)C.[Li+]. The minimum absolute atomic E-state index is 0. The van der Waals surface area contributed by atoms with Crippen LogP contribution in [0.3, 0.4) is 0 Å². The Kier molecular flexibility index (Phi) is 6.36. The van der Waals surface area contributed by atoms with Crippen LogP contribution in [0.15, 0.2) is 0 Å². The van der Waals surface area contributed by atoms with Crippen molar-refractivity contribution in [3.63, 3.8) is 0 Å². The molecule has 0 spiro atoms. The molecule has 0 bridgehead atoms. The molecule has 0 aliphatic rings. The van der Waals surface area contributed by atoms with Gasteiger partial charge in [-0.05, 0) is 0 Å². The molecule has 0 unspecified atom stereocenters. The molecular formula is C10H27LiSi3. The van der Waals surface area contributed by atoms with Crippen molar-refractivity contribution in [1.29, 1.82) is 0 Å². The third kappa shape index (κ3) is 5.36. The van der Waals surface area contributed by atoms with Gasteiger partial charge in [0.1, 0.15) is 0 Å². The first kappa shape index (κ1) is 17.6. The molecule has 0 rings (SSSR count). The van der Waals surface area contributed by atoms with Crippen molar-refractivity contribution < 1.29 is 18.9 Å². The first-order valence-electron chi connectivity index (χ1n) is 5.25. The third-order valence-corrected chi connectivity index (χ3v) is 20.2. The third-order valence-electron chi connectivity index (χ3n) is 2.25. The summed E-state index contributed by atoms with van der Waals surface area (Å²) in [6.45, 7) is 22.7. The molecule has 0 nitrogen and oxygen atoms in total. The van der Waals surface area contributed by atoms with Gasteiger partial charge in [-0.25, -0.2) is 0 Å². The van der Waals surface area contributed by atoms with Crippen LogP contribution in [0.4, 0.5) is 0 Å². The van der Waals surface area contributed by atoms with Gasteiger partial charge in [-0.15, -0.1) is 24.2 Å². The molecule has 0 atom stereocenters. The number of rotatable bonds is 3. The zero-order chi connectivity index (χ0) is 11.1. The summed E-state index contributed by atoms with van der Waals surface area (Å²) in [6.07, 6.45) is 0. The second-order valence-corrected chi connectivity index (χ2v) is 23.6. The van der Waals surface area contributed by atoms with E-state index in [2.05, 4.69) is 63.7 Å². The average Bonchev–Trinajstić information content (AvgIpc) is 1.44. The van der Waals surface area contributed by atoms with E-state index in [1.165, 1.54) is 0 Å². The van der Waals surface area contributed by atoms with Gasteiger partial charge in [0.25, 0.3) is 0 Å². The number of hydrogen-bond acceptors (Lipinski definition) is 0. The van der Waals surface area contributed by atoms with Crippen molar-refractivity contribution in [3.8, 4) is 0 Å². The molecule has 0 aliphatic carbocycles. The standard InChI is InChI=1S/C10H27Si3.Li/c1-11(2,3)10(12(4,5)6)13(7,8)9;/h1-9H3;/q-1;+1/i10+1;. The first-order valence-corrected chi connectivity index (χ1v) is 15.8. The monoisotopic (exact) mass is 239 g/mol. The maximum absolute atomic E-state index is 2.53. The van der Waals surface area contributed by atoms with Crippen molar-refractivity contribution in [2.24, 2.45) is 0 Å². The van der Waals surface area contributed by atoms with Gasteiger partial charge in [0.15, 0.2) is 0 Å². The molecule has 0 aromatic heterocycles. The normalized spacial score (nSPS) is 14.1.